The van der Waals surface area contributed by atoms with Crippen molar-refractivity contribution in [2.75, 3.05) is 0 Å². The smallest absolute Gasteiger partial charge is 0.303 e. The van der Waals surface area contributed by atoms with Crippen molar-refractivity contribution >= 4 is 17.7 Å². The molecule has 7 heteroatoms. The summed E-state index contributed by atoms with van der Waals surface area (Å²) in [6, 6.07) is 3.98. The number of hydrogen-bond acceptors (Lipinski definition) is 7. The first-order chi connectivity index (χ1) is 17.2. The summed E-state index contributed by atoms with van der Waals surface area (Å²) < 4.78 is 25.0. The van der Waals surface area contributed by atoms with Crippen molar-refractivity contribution in [2.45, 2.75) is 97.6 Å². The van der Waals surface area contributed by atoms with Crippen LogP contribution in [0, 0.1) is 33.5 Å². The highest BCUT2D eigenvalue weighted by Crippen LogP contribution is 2.82. The summed E-state index contributed by atoms with van der Waals surface area (Å²) in [5.41, 5.74) is -2.78. The zero-order chi connectivity index (χ0) is 26.8. The lowest BCUT2D eigenvalue weighted by Crippen LogP contribution is -2.75. The maximum Gasteiger partial charge on any atom is 0.303 e. The summed E-state index contributed by atoms with van der Waals surface area (Å²) in [6.07, 6.45) is 6.54. The minimum absolute atomic E-state index is 0.00425. The third-order valence-electron chi connectivity index (χ3n) is 11.4. The molecule has 1 aromatic rings. The van der Waals surface area contributed by atoms with E-state index in [0.29, 0.717) is 0 Å². The highest BCUT2D eigenvalue weighted by molar-refractivity contribution is 5.96. The van der Waals surface area contributed by atoms with E-state index in [4.69, 9.17) is 18.6 Å². The second-order valence-electron chi connectivity index (χ2n) is 13.3. The van der Waals surface area contributed by atoms with Crippen LogP contribution in [-0.4, -0.2) is 41.6 Å². The molecule has 2 heterocycles. The van der Waals surface area contributed by atoms with Gasteiger partial charge in [0.05, 0.1) is 12.4 Å². The highest BCUT2D eigenvalue weighted by atomic mass is 16.6. The fourth-order valence-corrected chi connectivity index (χ4v) is 10.2. The molecule has 6 rings (SSSR count). The Morgan fingerprint density at radius 3 is 2.38 bits per heavy atom. The van der Waals surface area contributed by atoms with Gasteiger partial charge in [0.1, 0.15) is 23.6 Å². The zero-order valence-electron chi connectivity index (χ0n) is 22.8. The maximum atomic E-state index is 13.2. The van der Waals surface area contributed by atoms with Crippen molar-refractivity contribution in [1.82, 2.24) is 0 Å². The summed E-state index contributed by atoms with van der Waals surface area (Å²) in [5.74, 6) is -0.0620. The first kappa shape index (κ1) is 24.9. The molecule has 1 aliphatic heterocycles. The van der Waals surface area contributed by atoms with Gasteiger partial charge in [0, 0.05) is 41.9 Å². The summed E-state index contributed by atoms with van der Waals surface area (Å²) in [6.45, 7) is 13.3. The van der Waals surface area contributed by atoms with Crippen LogP contribution in [0.25, 0.3) is 0 Å². The average Bonchev–Trinajstić information content (AvgIpc) is 3.16. The molecule has 37 heavy (non-hydrogen) atoms. The van der Waals surface area contributed by atoms with Crippen LogP contribution < -0.4 is 0 Å². The van der Waals surface area contributed by atoms with Gasteiger partial charge in [-0.15, -0.1) is 0 Å². The number of fused-ring (bicyclic) bond motifs is 3. The maximum absolute atomic E-state index is 13.2. The molecule has 4 aliphatic carbocycles. The van der Waals surface area contributed by atoms with Crippen LogP contribution in [-0.2, 0) is 28.6 Å². The molecule has 0 unspecified atom stereocenters. The Kier molecular flexibility index (Phi) is 4.96. The molecule has 0 aromatic carbocycles. The largest absolute Gasteiger partial charge is 0.469 e. The van der Waals surface area contributed by atoms with Crippen molar-refractivity contribution in [1.29, 1.82) is 0 Å². The first-order valence-electron chi connectivity index (χ1n) is 13.5. The van der Waals surface area contributed by atoms with Crippen LogP contribution in [0.2, 0.25) is 0 Å². The first-order valence-corrected chi connectivity index (χ1v) is 13.5. The number of esters is 2. The van der Waals surface area contributed by atoms with Crippen LogP contribution in [0.5, 0.6) is 0 Å². The fourth-order valence-electron chi connectivity index (χ4n) is 10.2. The lowest BCUT2D eigenvalue weighted by atomic mass is 9.36. The zero-order valence-corrected chi connectivity index (χ0v) is 22.8. The predicted octanol–water partition coefficient (Wildman–Crippen LogP) is 4.99. The highest BCUT2D eigenvalue weighted by Gasteiger charge is 2.88. The lowest BCUT2D eigenvalue weighted by molar-refractivity contribution is -0.273. The molecule has 0 N–H and O–H groups in total. The van der Waals surface area contributed by atoms with E-state index in [-0.39, 0.29) is 35.1 Å². The Morgan fingerprint density at radius 1 is 1.05 bits per heavy atom. The van der Waals surface area contributed by atoms with E-state index in [2.05, 4.69) is 20.8 Å². The van der Waals surface area contributed by atoms with E-state index < -0.39 is 46.0 Å². The van der Waals surface area contributed by atoms with E-state index in [9.17, 15) is 14.4 Å². The van der Waals surface area contributed by atoms with E-state index >= 15 is 0 Å². The Morgan fingerprint density at radius 2 is 1.76 bits per heavy atom. The predicted molar refractivity (Wildman–Crippen MR) is 133 cm³/mol. The summed E-state index contributed by atoms with van der Waals surface area (Å²) in [4.78, 5) is 38.4. The van der Waals surface area contributed by atoms with Crippen molar-refractivity contribution < 1.29 is 33.0 Å². The molecule has 200 valence electrons. The Hall–Kier alpha value is -2.41. The summed E-state index contributed by atoms with van der Waals surface area (Å²) >= 11 is 0. The van der Waals surface area contributed by atoms with Crippen molar-refractivity contribution in [3.8, 4) is 0 Å². The van der Waals surface area contributed by atoms with Crippen LogP contribution in [0.4, 0.5) is 0 Å². The number of ether oxygens (including phenoxy) is 3. The number of carbonyl (C=O) groups is 3. The molecule has 10 atom stereocenters. The molecule has 7 nitrogen and oxygen atoms in total. The van der Waals surface area contributed by atoms with E-state index in [1.54, 1.807) is 12.3 Å². The second kappa shape index (κ2) is 7.37. The minimum Gasteiger partial charge on any atom is -0.469 e. The molecule has 0 radical (unpaired) electrons. The van der Waals surface area contributed by atoms with Gasteiger partial charge in [0.25, 0.3) is 0 Å². The SMILES string of the molecule is CC(=O)O[C@H]1[C@@H](OC(C)=O)[C@]2(C)[C@H](CC[C@@]3(C)[C@H](c4ccco4)C[C@H]4O[C@@]423)[C@@]2(C)C=CC(=O)C(C)(C)[C@H]12. The van der Waals surface area contributed by atoms with Gasteiger partial charge in [0.15, 0.2) is 5.78 Å². The molecular weight excluding hydrogens is 472 g/mol. The van der Waals surface area contributed by atoms with Gasteiger partial charge in [-0.3, -0.25) is 14.4 Å². The van der Waals surface area contributed by atoms with Gasteiger partial charge < -0.3 is 18.6 Å². The Balaban J connectivity index is 1.58. The normalized spacial score (nSPS) is 48.8. The molecule has 1 saturated heterocycles. The number of epoxide rings is 1. The number of ketones is 1. The molecule has 1 spiro atoms. The van der Waals surface area contributed by atoms with Gasteiger partial charge in [-0.25, -0.2) is 0 Å². The number of allylic oxidation sites excluding steroid dienone is 2. The Bertz CT molecular complexity index is 1200. The molecule has 4 fully saturated rings. The molecule has 0 bridgehead atoms. The summed E-state index contributed by atoms with van der Waals surface area (Å²) in [7, 11) is 0. The van der Waals surface area contributed by atoms with Crippen molar-refractivity contribution in [3.63, 3.8) is 0 Å². The minimum atomic E-state index is -0.808. The fraction of sp³-hybridized carbons (Fsp3) is 0.700. The van der Waals surface area contributed by atoms with Crippen molar-refractivity contribution in [2.24, 2.45) is 33.5 Å². The molecule has 1 aromatic heterocycles. The van der Waals surface area contributed by atoms with Gasteiger partial charge in [-0.05, 0) is 48.8 Å². The second-order valence-corrected chi connectivity index (χ2v) is 13.3. The van der Waals surface area contributed by atoms with E-state index in [0.717, 1.165) is 25.0 Å². The number of hydrogen-bond donors (Lipinski definition) is 0. The van der Waals surface area contributed by atoms with Gasteiger partial charge >= 0.3 is 11.9 Å². The monoisotopic (exact) mass is 510 g/mol. The van der Waals surface area contributed by atoms with Crippen LogP contribution >= 0.6 is 0 Å². The van der Waals surface area contributed by atoms with Crippen molar-refractivity contribution in [3.05, 3.63) is 36.3 Å². The number of carbonyl (C=O) groups excluding carboxylic acids is 3. The van der Waals surface area contributed by atoms with E-state index in [1.165, 1.54) is 13.8 Å². The van der Waals surface area contributed by atoms with Crippen LogP contribution in [0.3, 0.4) is 0 Å². The lowest BCUT2D eigenvalue weighted by Gasteiger charge is -2.69. The molecule has 0 amide bonds. The van der Waals surface area contributed by atoms with E-state index in [1.807, 2.05) is 32.1 Å². The van der Waals surface area contributed by atoms with Gasteiger partial charge in [0.2, 0.25) is 0 Å². The number of furan rings is 1. The molecule has 5 aliphatic rings. The standard InChI is InChI=1S/C30H38O7/c1-16(31)35-23-24-26(3,4)21(33)11-12-27(24,5)20-10-13-28(6)18(19-9-8-14-34-19)15-22-30(28,37-22)29(20,7)25(23)36-17(2)32/h8-9,11-12,14,18,20,22-25H,10,13,15H2,1-7H3/t18-,20+,22+,23+,24-,25+,27+,28-,29-,30+/m0/s1. The quantitative estimate of drug-likeness (QED) is 0.417. The molecule has 3 saturated carbocycles. The van der Waals surface area contributed by atoms with Gasteiger partial charge in [-0.2, -0.15) is 0 Å². The third kappa shape index (κ3) is 2.79. The topological polar surface area (TPSA) is 95.3 Å². The molecular formula is C30H38O7. The van der Waals surface area contributed by atoms with Gasteiger partial charge in [-0.1, -0.05) is 40.7 Å². The number of rotatable bonds is 3. The Labute approximate surface area is 218 Å². The van der Waals surface area contributed by atoms with Crippen LogP contribution in [0.1, 0.15) is 79.4 Å². The third-order valence-corrected chi connectivity index (χ3v) is 11.4. The average molecular weight is 511 g/mol. The summed E-state index contributed by atoms with van der Waals surface area (Å²) in [5, 5.41) is 0. The van der Waals surface area contributed by atoms with Crippen LogP contribution in [0.15, 0.2) is 35.0 Å².